The van der Waals surface area contributed by atoms with E-state index in [1.807, 2.05) is 190 Å². The van der Waals surface area contributed by atoms with Gasteiger partial charge < -0.3 is 53.2 Å². The molecule has 0 heterocycles. The highest BCUT2D eigenvalue weighted by molar-refractivity contribution is 6.36. The Bertz CT molecular complexity index is 7150. The number of fused-ring (bicyclic) bond motifs is 10. The fourth-order valence-electron chi connectivity index (χ4n) is 18.4. The summed E-state index contributed by atoms with van der Waals surface area (Å²) in [7, 11) is 5.24. The monoisotopic (exact) mass is 1860 g/mol. The second kappa shape index (κ2) is 44.4. The third-order valence-corrected chi connectivity index (χ3v) is 25.6. The molecule has 0 fully saturated rings. The number of nitrogens with one attached hydrogen (secondary N) is 10. The van der Waals surface area contributed by atoms with Crippen LogP contribution in [-0.4, -0.2) is 92.1 Å². The summed E-state index contributed by atoms with van der Waals surface area (Å²) >= 11 is 0. The van der Waals surface area contributed by atoms with Crippen LogP contribution in [0.4, 0.5) is 85.3 Å². The van der Waals surface area contributed by atoms with Crippen LogP contribution in [-0.2, 0) is 12.8 Å². The van der Waals surface area contributed by atoms with Gasteiger partial charge in [0, 0.05) is 147 Å². The van der Waals surface area contributed by atoms with Crippen LogP contribution in [0.15, 0.2) is 309 Å². The molecule has 15 aromatic carbocycles. The van der Waals surface area contributed by atoms with E-state index in [0.717, 1.165) is 128 Å². The number of hydrogen-bond donors (Lipinski definition) is 10. The molecule has 0 unspecified atom stereocenters. The van der Waals surface area contributed by atoms with Gasteiger partial charge in [0.2, 0.25) is 0 Å². The molecule has 10 N–H and O–H groups in total. The summed E-state index contributed by atoms with van der Waals surface area (Å²) in [5.41, 5.74) is 24.8. The van der Waals surface area contributed by atoms with E-state index in [1.54, 1.807) is 130 Å². The Kier molecular flexibility index (Phi) is 30.6. The van der Waals surface area contributed by atoms with Gasteiger partial charge >= 0.3 is 0 Å². The molecule has 0 amide bonds. The third kappa shape index (κ3) is 20.7. The molecular formula is C121H112N10O10. The van der Waals surface area contributed by atoms with Crippen LogP contribution in [0.25, 0.3) is 0 Å². The Balaban J connectivity index is 0.000000129. The normalized spacial score (nSPS) is 12.3. The minimum Gasteiger partial charge on any atom is -0.388 e. The van der Waals surface area contributed by atoms with Crippen molar-refractivity contribution in [3.8, 4) is 0 Å². The first kappa shape index (κ1) is 97.1. The minimum atomic E-state index is -0.156. The molecule has 0 atom stereocenters. The number of ketones is 10. The Morgan fingerprint density at radius 1 is 0.191 bits per heavy atom. The van der Waals surface area contributed by atoms with Crippen molar-refractivity contribution in [2.75, 3.05) is 87.4 Å². The first-order valence-electron chi connectivity index (χ1n) is 48.2. The van der Waals surface area contributed by atoms with E-state index in [2.05, 4.69) is 105 Å². The minimum absolute atomic E-state index is 0.0756. The van der Waals surface area contributed by atoms with Crippen molar-refractivity contribution in [3.05, 3.63) is 443 Å². The third-order valence-electron chi connectivity index (χ3n) is 25.6. The van der Waals surface area contributed by atoms with Gasteiger partial charge in [-0.25, -0.2) is 0 Å². The quantitative estimate of drug-likeness (QED) is 0.0214. The van der Waals surface area contributed by atoms with Crippen LogP contribution in [0.3, 0.4) is 0 Å². The maximum absolute atomic E-state index is 13.8. The summed E-state index contributed by atoms with van der Waals surface area (Å²) in [4.78, 5) is 133. The van der Waals surface area contributed by atoms with E-state index in [9.17, 15) is 47.9 Å². The molecule has 0 saturated carbocycles. The van der Waals surface area contributed by atoms with Crippen molar-refractivity contribution in [2.24, 2.45) is 0 Å². The van der Waals surface area contributed by atoms with Gasteiger partial charge in [0.25, 0.3) is 0 Å². The van der Waals surface area contributed by atoms with Crippen molar-refractivity contribution >= 4 is 143 Å². The number of aryl methyl sites for hydroxylation is 4. The lowest BCUT2D eigenvalue weighted by atomic mass is 9.82. The van der Waals surface area contributed by atoms with E-state index >= 15 is 0 Å². The van der Waals surface area contributed by atoms with Crippen LogP contribution in [0.2, 0.25) is 0 Å². The molecule has 0 saturated heterocycles. The van der Waals surface area contributed by atoms with Gasteiger partial charge in [0.15, 0.2) is 57.8 Å². The van der Waals surface area contributed by atoms with Crippen LogP contribution in [0, 0.1) is 13.8 Å². The molecule has 5 aliphatic rings. The zero-order valence-corrected chi connectivity index (χ0v) is 80.5. The molecule has 20 rings (SSSR count). The van der Waals surface area contributed by atoms with Gasteiger partial charge in [-0.3, -0.25) is 47.9 Å². The Morgan fingerprint density at radius 3 is 0.624 bits per heavy atom. The van der Waals surface area contributed by atoms with Crippen molar-refractivity contribution in [2.45, 2.75) is 106 Å². The summed E-state index contributed by atoms with van der Waals surface area (Å²) in [6, 6.07) is 95.8. The number of unbranched alkanes of at least 4 members (excludes halogenated alkanes) is 4. The van der Waals surface area contributed by atoms with Crippen molar-refractivity contribution in [1.29, 1.82) is 0 Å². The highest BCUT2D eigenvalue weighted by atomic mass is 16.2. The standard InChI is InChI=1S/C34H34N2O2.C27H20N2O2.C22H18N2O2.C22H26N2O2.C16H14N2O2/c1-3-5-9-23-13-17-25(18-14-23)35-29-21-22-30(36-26-19-15-24(16-20-26)10-6-4-2)32-31(29)33(37)27-11-7-8-12-28(27)34(32)38;1-17-8-7-11-19(16-17)29-23-15-14-22(28-18-9-3-2-4-10-18)24-25(23)27(31)21-13-6-5-12-20(21)26(24)30;1-13-6-5-7-14(12-13)24-18-11-10-17(23-2)19-20(18)22(26)16-9-4-3-8-15(16)21(19)25;1-3-5-13-23-17-11-12-18(24-14-6-4-2)20-19(17)21(25)15-9-7-8-10-16(15)22(20)26;1-17-11-7-8-12(18-2)14-13(11)15(19)9-5-3-4-6-10(9)16(14)20/h7-8,11-22,35-36H,3-6,9-10H2,1-2H3;2-16,28-29H,1H3;3-12,23-24H,1-2H3;7-12,23-24H,3-6,13-14H2,1-2H3;3-8,17-18H,1-2H3. The maximum atomic E-state index is 13.8. The average molecular weight is 1870 g/mol. The lowest BCUT2D eigenvalue weighted by molar-refractivity contribution is 0.0980. The summed E-state index contributed by atoms with van der Waals surface area (Å²) in [5, 5.41) is 32.5. The summed E-state index contributed by atoms with van der Waals surface area (Å²) in [5.74, 6) is -1.25. The van der Waals surface area contributed by atoms with Crippen molar-refractivity contribution in [3.63, 3.8) is 0 Å². The van der Waals surface area contributed by atoms with Gasteiger partial charge in [-0.15, -0.1) is 0 Å². The van der Waals surface area contributed by atoms with Crippen LogP contribution in [0.1, 0.15) is 261 Å². The summed E-state index contributed by atoms with van der Waals surface area (Å²) in [6.07, 6.45) is 10.9. The number of para-hydroxylation sites is 1. The van der Waals surface area contributed by atoms with Gasteiger partial charge in [-0.2, -0.15) is 0 Å². The highest BCUT2D eigenvalue weighted by Crippen LogP contribution is 2.45. The summed E-state index contributed by atoms with van der Waals surface area (Å²) < 4.78 is 0. The van der Waals surface area contributed by atoms with E-state index in [1.165, 1.54) is 11.1 Å². The van der Waals surface area contributed by atoms with E-state index in [0.29, 0.717) is 157 Å². The second-order valence-electron chi connectivity index (χ2n) is 35.2. The molecule has 0 aliphatic heterocycles. The highest BCUT2D eigenvalue weighted by Gasteiger charge is 2.40. The number of hydrogen-bond acceptors (Lipinski definition) is 20. The largest absolute Gasteiger partial charge is 0.388 e. The Labute approximate surface area is 822 Å². The lowest BCUT2D eigenvalue weighted by Crippen LogP contribution is -2.24. The fraction of sp³-hybridized carbons (Fsp3) is 0.174. The van der Waals surface area contributed by atoms with Crippen LogP contribution < -0.4 is 53.2 Å². The average Bonchev–Trinajstić information content (AvgIpc) is 0.765. The first-order valence-corrected chi connectivity index (χ1v) is 48.2. The molecule has 141 heavy (non-hydrogen) atoms. The van der Waals surface area contributed by atoms with Crippen molar-refractivity contribution < 1.29 is 47.9 Å². The van der Waals surface area contributed by atoms with Gasteiger partial charge in [-0.05, 0) is 196 Å². The molecule has 706 valence electrons. The van der Waals surface area contributed by atoms with Gasteiger partial charge in [0.05, 0.1) is 84.1 Å². The number of anilines is 15. The summed E-state index contributed by atoms with van der Waals surface area (Å²) in [6.45, 7) is 14.2. The molecule has 20 heteroatoms. The predicted octanol–water partition coefficient (Wildman–Crippen LogP) is 26.9. The number of carbonyl (C=O) groups is 10. The molecule has 0 spiro atoms. The SMILES string of the molecule is CCCCNc1ccc(NCCCC)c2c1C(=O)c1ccccc1C2=O.CCCCc1ccc(Nc2ccc(Nc3ccc(CCCC)cc3)c3c2C(=O)c2ccccc2C3=O)cc1.CNc1ccc(NC)c2c1C(=O)c1ccccc1C2=O.CNc1ccc(Nc2cccc(C)c2)c2c1C(=O)c1ccccc1C2=O.Cc1cccc(Nc2ccc(Nc3ccccc3)c3c2C(=O)c2ccccc2C3=O)c1. The maximum Gasteiger partial charge on any atom is 0.196 e. The van der Waals surface area contributed by atoms with Crippen LogP contribution in [0.5, 0.6) is 0 Å². The fourth-order valence-corrected chi connectivity index (χ4v) is 18.4. The first-order chi connectivity index (χ1) is 68.7. The Morgan fingerprint density at radius 2 is 0.390 bits per heavy atom. The molecule has 20 nitrogen and oxygen atoms in total. The lowest BCUT2D eigenvalue weighted by Gasteiger charge is -2.24. The molecular weight excluding hydrogens is 1750 g/mol. The van der Waals surface area contributed by atoms with E-state index in [-0.39, 0.29) is 57.8 Å². The molecule has 0 radical (unpaired) electrons. The number of benzene rings is 15. The number of rotatable bonds is 27. The van der Waals surface area contributed by atoms with Crippen LogP contribution >= 0.6 is 0 Å². The molecule has 5 aliphatic carbocycles. The predicted molar refractivity (Wildman–Crippen MR) is 570 cm³/mol. The second-order valence-corrected chi connectivity index (χ2v) is 35.2. The van der Waals surface area contributed by atoms with E-state index < -0.39 is 0 Å². The van der Waals surface area contributed by atoms with Gasteiger partial charge in [0.1, 0.15) is 0 Å². The molecule has 15 aromatic rings. The number of carbonyl (C=O) groups excluding carboxylic acids is 10. The zero-order chi connectivity index (χ0) is 98.9. The topological polar surface area (TPSA) is 291 Å². The Hall–Kier alpha value is -17.0. The van der Waals surface area contributed by atoms with E-state index in [4.69, 9.17) is 0 Å². The van der Waals surface area contributed by atoms with Gasteiger partial charge in [-0.1, -0.05) is 241 Å². The molecule has 0 bridgehead atoms. The molecule has 0 aromatic heterocycles. The van der Waals surface area contributed by atoms with Crippen molar-refractivity contribution in [1.82, 2.24) is 0 Å². The smallest absolute Gasteiger partial charge is 0.196 e. The zero-order valence-electron chi connectivity index (χ0n) is 80.5.